The van der Waals surface area contributed by atoms with Crippen molar-refractivity contribution in [3.8, 4) is 0 Å². The van der Waals surface area contributed by atoms with Crippen LogP contribution in [0.4, 0.5) is 0 Å². The zero-order valence-corrected chi connectivity index (χ0v) is 9.30. The first-order chi connectivity index (χ1) is 7.66. The maximum atomic E-state index is 9.92. The highest BCUT2D eigenvalue weighted by Gasteiger charge is 2.10. The smallest absolute Gasteiger partial charge is 0.338 e. The molecule has 0 aromatic heterocycles. The minimum atomic E-state index is -0.935. The molecule has 0 aromatic rings. The predicted molar refractivity (Wildman–Crippen MR) is 56.0 cm³/mol. The minimum absolute atomic E-state index is 0.176. The predicted octanol–water partition coefficient (Wildman–Crippen LogP) is 0.364. The third-order valence-corrected chi connectivity index (χ3v) is 0.922. The number of cyclic esters (lactones) is 2. The summed E-state index contributed by atoms with van der Waals surface area (Å²) in [4.78, 5) is 38.4. The Kier molecular flexibility index (Phi) is 8.82. The van der Waals surface area contributed by atoms with Crippen LogP contribution in [-0.4, -0.2) is 34.1 Å². The molecule has 1 heterocycles. The fraction of sp³-hybridized carbons (Fsp3) is 0.200. The number of hydrogen-bond acceptors (Lipinski definition) is 5. The Morgan fingerprint density at radius 1 is 1.12 bits per heavy atom. The Morgan fingerprint density at radius 3 is 1.41 bits per heavy atom. The highest BCUT2D eigenvalue weighted by Crippen LogP contribution is 1.92. The normalized spacial score (nSPS) is 11.4. The molecule has 0 aliphatic carbocycles. The van der Waals surface area contributed by atoms with Crippen molar-refractivity contribution in [2.45, 2.75) is 13.8 Å². The van der Waals surface area contributed by atoms with Gasteiger partial charge in [-0.25, -0.2) is 14.4 Å². The number of esters is 2. The molecule has 0 atom stereocenters. The van der Waals surface area contributed by atoms with Gasteiger partial charge in [-0.1, -0.05) is 6.58 Å². The van der Waals surface area contributed by atoms with Crippen molar-refractivity contribution in [1.29, 1.82) is 0 Å². The Balaban J connectivity index is 0. The van der Waals surface area contributed by atoms with Crippen LogP contribution in [0.5, 0.6) is 0 Å². The summed E-state index contributed by atoms with van der Waals surface area (Å²) in [6.07, 6.45) is 2.17. The second-order valence-electron chi connectivity index (χ2n) is 2.68. The van der Waals surface area contributed by atoms with E-state index in [1.54, 1.807) is 0 Å². The zero-order chi connectivity index (χ0) is 14.0. The van der Waals surface area contributed by atoms with Crippen LogP contribution >= 0.6 is 0 Å². The molecule has 0 saturated carbocycles. The Bertz CT molecular complexity index is 333. The average molecular weight is 244 g/mol. The lowest BCUT2D eigenvalue weighted by atomic mass is 10.4. The lowest BCUT2D eigenvalue weighted by Gasteiger charge is -1.80. The zero-order valence-electron chi connectivity index (χ0n) is 9.30. The minimum Gasteiger partial charge on any atom is -0.481 e. The number of carboxylic acids is 2. The summed E-state index contributed by atoms with van der Waals surface area (Å²) in [5, 5.41) is 15.3. The van der Waals surface area contributed by atoms with E-state index >= 15 is 0 Å². The van der Waals surface area contributed by atoms with E-state index in [9.17, 15) is 14.4 Å². The molecule has 94 valence electrons. The molecule has 0 bridgehead atoms. The molecule has 1 aliphatic heterocycles. The number of carbonyl (C=O) groups excluding carboxylic acids is 2. The van der Waals surface area contributed by atoms with E-state index in [0.717, 1.165) is 19.1 Å². The molecule has 1 rings (SSSR count). The van der Waals surface area contributed by atoms with Crippen molar-refractivity contribution in [1.82, 2.24) is 0 Å². The highest BCUT2D eigenvalue weighted by atomic mass is 16.6. The van der Waals surface area contributed by atoms with E-state index in [0.29, 0.717) is 0 Å². The van der Waals surface area contributed by atoms with Gasteiger partial charge < -0.3 is 14.9 Å². The molecule has 0 radical (unpaired) electrons. The van der Waals surface area contributed by atoms with Gasteiger partial charge in [-0.2, -0.15) is 0 Å². The fourth-order valence-electron chi connectivity index (χ4n) is 0.303. The monoisotopic (exact) mass is 244 g/mol. The molecule has 2 N–H and O–H groups in total. The van der Waals surface area contributed by atoms with E-state index in [1.165, 1.54) is 6.92 Å². The number of carboxylic acid groups (broad SMARTS) is 2. The second-order valence-corrected chi connectivity index (χ2v) is 2.68. The first-order valence-corrected chi connectivity index (χ1v) is 4.19. The van der Waals surface area contributed by atoms with Gasteiger partial charge >= 0.3 is 17.9 Å². The van der Waals surface area contributed by atoms with Gasteiger partial charge in [0, 0.05) is 24.6 Å². The van der Waals surface area contributed by atoms with E-state index < -0.39 is 23.9 Å². The maximum absolute atomic E-state index is 9.92. The quantitative estimate of drug-likeness (QED) is 0.388. The molecule has 1 aliphatic rings. The molecule has 7 heteroatoms. The van der Waals surface area contributed by atoms with Gasteiger partial charge in [-0.3, -0.25) is 4.79 Å². The summed E-state index contributed by atoms with van der Waals surface area (Å²) < 4.78 is 3.97. The van der Waals surface area contributed by atoms with Gasteiger partial charge in [0.05, 0.1) is 0 Å². The van der Waals surface area contributed by atoms with Crippen molar-refractivity contribution < 1.29 is 34.1 Å². The number of rotatable bonds is 1. The molecule has 0 aromatic carbocycles. The second kappa shape index (κ2) is 8.84. The topological polar surface area (TPSA) is 118 Å². The van der Waals surface area contributed by atoms with Crippen LogP contribution in [0.25, 0.3) is 0 Å². The van der Waals surface area contributed by atoms with Gasteiger partial charge in [0.15, 0.2) is 0 Å². The molecule has 0 amide bonds. The van der Waals surface area contributed by atoms with Crippen LogP contribution in [0.15, 0.2) is 24.3 Å². The summed E-state index contributed by atoms with van der Waals surface area (Å²) in [5.41, 5.74) is 0.176. The lowest BCUT2D eigenvalue weighted by molar-refractivity contribution is -0.150. The van der Waals surface area contributed by atoms with Crippen LogP contribution in [0.1, 0.15) is 13.8 Å². The molecule has 17 heavy (non-hydrogen) atoms. The lowest BCUT2D eigenvalue weighted by Crippen LogP contribution is -1.96. The van der Waals surface area contributed by atoms with Crippen molar-refractivity contribution in [3.63, 3.8) is 0 Å². The third kappa shape index (κ3) is 16.2. The van der Waals surface area contributed by atoms with Gasteiger partial charge in [0.25, 0.3) is 5.97 Å². The molecule has 0 fully saturated rings. The van der Waals surface area contributed by atoms with E-state index in [4.69, 9.17) is 15.0 Å². The summed E-state index contributed by atoms with van der Waals surface area (Å²) in [7, 11) is 0. The molecular formula is C10H12O7. The maximum Gasteiger partial charge on any atom is 0.338 e. The number of carbonyl (C=O) groups is 4. The summed E-state index contributed by atoms with van der Waals surface area (Å²) in [5.74, 6) is -2.93. The number of ether oxygens (including phenoxy) is 1. The first-order valence-electron chi connectivity index (χ1n) is 4.19. The van der Waals surface area contributed by atoms with Crippen LogP contribution < -0.4 is 0 Å². The molecule has 0 saturated heterocycles. The van der Waals surface area contributed by atoms with Gasteiger partial charge in [0.2, 0.25) is 0 Å². The molecule has 7 nitrogen and oxygen atoms in total. The SMILES string of the molecule is C=C(C)C(=O)O.CC(=O)O.O=C1C=CC(=O)O1. The summed E-state index contributed by atoms with van der Waals surface area (Å²) in [6, 6.07) is 0. The van der Waals surface area contributed by atoms with Crippen LogP contribution in [-0.2, 0) is 23.9 Å². The van der Waals surface area contributed by atoms with E-state index in [-0.39, 0.29) is 5.57 Å². The van der Waals surface area contributed by atoms with E-state index in [1.807, 2.05) is 0 Å². The van der Waals surface area contributed by atoms with Crippen molar-refractivity contribution in [2.24, 2.45) is 0 Å². The largest absolute Gasteiger partial charge is 0.481 e. The van der Waals surface area contributed by atoms with Gasteiger partial charge in [-0.15, -0.1) is 0 Å². The third-order valence-electron chi connectivity index (χ3n) is 0.922. The standard InChI is InChI=1S/C4H2O3.C4H6O2.C2H4O2/c5-3-1-2-4(6)7-3;1-3(2)4(5)6;1-2(3)4/h1-2H;1H2,2H3,(H,5,6);1H3,(H,3,4). The van der Waals surface area contributed by atoms with Gasteiger partial charge in [0.1, 0.15) is 0 Å². The fourth-order valence-corrected chi connectivity index (χ4v) is 0.303. The van der Waals surface area contributed by atoms with Crippen LogP contribution in [0.2, 0.25) is 0 Å². The number of aliphatic carboxylic acids is 2. The Labute approximate surface area is 97.0 Å². The molecule has 0 unspecified atom stereocenters. The average Bonchev–Trinajstić information content (AvgIpc) is 2.49. The van der Waals surface area contributed by atoms with E-state index in [2.05, 4.69) is 11.3 Å². The molecular weight excluding hydrogens is 232 g/mol. The summed E-state index contributed by atoms with van der Waals surface area (Å²) >= 11 is 0. The number of hydrogen-bond donors (Lipinski definition) is 2. The van der Waals surface area contributed by atoms with Crippen molar-refractivity contribution in [2.75, 3.05) is 0 Å². The summed E-state index contributed by atoms with van der Waals surface area (Å²) in [6.45, 7) is 5.69. The Hall–Kier alpha value is -2.44. The van der Waals surface area contributed by atoms with Crippen molar-refractivity contribution in [3.05, 3.63) is 24.3 Å². The van der Waals surface area contributed by atoms with Crippen LogP contribution in [0.3, 0.4) is 0 Å². The van der Waals surface area contributed by atoms with Gasteiger partial charge in [-0.05, 0) is 6.92 Å². The highest BCUT2D eigenvalue weighted by molar-refractivity contribution is 6.04. The Morgan fingerprint density at radius 2 is 1.35 bits per heavy atom. The van der Waals surface area contributed by atoms with Crippen LogP contribution in [0, 0.1) is 0 Å². The van der Waals surface area contributed by atoms with Crippen molar-refractivity contribution >= 4 is 23.9 Å². The molecule has 0 spiro atoms. The first kappa shape index (κ1) is 17.0.